The third kappa shape index (κ3) is 7.02. The molecule has 0 N–H and O–H groups in total. The van der Waals surface area contributed by atoms with Crippen LogP contribution in [0.1, 0.15) is 48.0 Å². The van der Waals surface area contributed by atoms with Crippen LogP contribution in [0.3, 0.4) is 0 Å². The van der Waals surface area contributed by atoms with E-state index in [2.05, 4.69) is 0 Å². The normalized spacial score (nSPS) is 10.8. The summed E-state index contributed by atoms with van der Waals surface area (Å²) >= 11 is 6.27. The zero-order chi connectivity index (χ0) is 17.8. The number of carbonyl (C=O) groups is 2. The van der Waals surface area contributed by atoms with Gasteiger partial charge in [0, 0.05) is 12.5 Å². The molecule has 0 aliphatic carbocycles. The fraction of sp³-hybridized carbons (Fsp3) is 0.529. The van der Waals surface area contributed by atoms with Gasteiger partial charge in [-0.3, -0.25) is 9.69 Å². The third-order valence-corrected chi connectivity index (χ3v) is 3.11. The predicted molar refractivity (Wildman–Crippen MR) is 98.4 cm³/mol. The van der Waals surface area contributed by atoms with Gasteiger partial charge in [0.2, 0.25) is 0 Å². The Morgan fingerprint density at radius 2 is 1.83 bits per heavy atom. The minimum atomic E-state index is -0.647. The number of carbonyl (C=O) groups excluding carboxylic acids is 2. The van der Waals surface area contributed by atoms with Crippen molar-refractivity contribution in [3.63, 3.8) is 0 Å². The van der Waals surface area contributed by atoms with Crippen LogP contribution in [0, 0.1) is 0 Å². The molecule has 24 heavy (non-hydrogen) atoms. The molecule has 0 atom stereocenters. The summed E-state index contributed by atoms with van der Waals surface area (Å²) in [5.41, 5.74) is -0.314. The van der Waals surface area contributed by atoms with Crippen LogP contribution >= 0.6 is 11.6 Å². The molecule has 0 saturated carbocycles. The first-order chi connectivity index (χ1) is 10.6. The van der Waals surface area contributed by atoms with Crippen LogP contribution in [0.2, 0.25) is 5.02 Å². The Morgan fingerprint density at radius 3 is 2.29 bits per heavy atom. The Hall–Kier alpha value is -0.114. The van der Waals surface area contributed by atoms with Crippen LogP contribution in [0.4, 0.5) is 10.5 Å². The monoisotopic (exact) mass is 381 g/mol. The van der Waals surface area contributed by atoms with E-state index < -0.39 is 17.7 Å². The van der Waals surface area contributed by atoms with Gasteiger partial charge in [-0.2, -0.15) is 0 Å². The van der Waals surface area contributed by atoms with E-state index in [0.29, 0.717) is 10.7 Å². The molecule has 0 aliphatic rings. The van der Waals surface area contributed by atoms with Crippen LogP contribution in [0.25, 0.3) is 0 Å². The summed E-state index contributed by atoms with van der Waals surface area (Å²) < 4.78 is 10.8. The Labute approximate surface area is 191 Å². The van der Waals surface area contributed by atoms with Crippen molar-refractivity contribution in [3.8, 4) is 5.75 Å². The summed E-state index contributed by atoms with van der Waals surface area (Å²) in [5, 5.41) is 0.311. The first-order valence-electron chi connectivity index (χ1n) is 7.58. The Balaban J connectivity index is 0.00000529. The molecule has 7 heteroatoms. The summed E-state index contributed by atoms with van der Waals surface area (Å²) in [6, 6.07) is 4.68. The van der Waals surface area contributed by atoms with Gasteiger partial charge in [0.15, 0.2) is 5.75 Å². The van der Waals surface area contributed by atoms with Crippen LogP contribution in [0.5, 0.6) is 5.75 Å². The molecule has 0 heterocycles. The second kappa shape index (κ2) is 10.1. The fourth-order valence-electron chi connectivity index (χ4n) is 1.88. The predicted octanol–water partition coefficient (Wildman–Crippen LogP) is 4.16. The molecule has 5 nitrogen and oxygen atoms in total. The summed E-state index contributed by atoms with van der Waals surface area (Å²) in [6.07, 6.45) is -0.325. The maximum absolute atomic E-state index is 12.6. The molecule has 0 bridgehead atoms. The molecule has 0 radical (unpaired) electrons. The van der Waals surface area contributed by atoms with Crippen molar-refractivity contribution in [2.45, 2.75) is 59.6 Å². The van der Waals surface area contributed by atoms with Crippen molar-refractivity contribution in [2.75, 3.05) is 4.90 Å². The van der Waals surface area contributed by atoms with Crippen molar-refractivity contribution in [3.05, 3.63) is 23.2 Å². The Kier molecular flexibility index (Phi) is 10.1. The second-order valence-electron chi connectivity index (χ2n) is 6.36. The van der Waals surface area contributed by atoms with E-state index in [9.17, 15) is 9.59 Å². The van der Waals surface area contributed by atoms with Crippen LogP contribution < -0.4 is 9.64 Å². The molecule has 0 saturated heterocycles. The molecule has 0 fully saturated rings. The molecule has 1 amide bonds. The van der Waals surface area contributed by atoms with Crippen molar-refractivity contribution >= 4 is 80.7 Å². The van der Waals surface area contributed by atoms with E-state index in [1.165, 1.54) is 4.90 Å². The number of nitrogens with zero attached hydrogens (tertiary/aromatic N) is 1. The van der Waals surface area contributed by atoms with E-state index in [0.717, 1.165) is 0 Å². The topological polar surface area (TPSA) is 55.8 Å². The number of hydrogen-bond donors (Lipinski definition) is 0. The molecule has 0 aliphatic heterocycles. The number of rotatable bonds is 4. The van der Waals surface area contributed by atoms with E-state index in [-0.39, 0.29) is 69.6 Å². The molecule has 1 aromatic carbocycles. The van der Waals surface area contributed by atoms with Crippen LogP contribution in [-0.4, -0.2) is 75.1 Å². The van der Waals surface area contributed by atoms with E-state index in [1.807, 2.05) is 13.8 Å². The van der Waals surface area contributed by atoms with Gasteiger partial charge in [-0.25, -0.2) is 4.79 Å². The first kappa shape index (κ1) is 23.9. The van der Waals surface area contributed by atoms with Crippen molar-refractivity contribution in [1.82, 2.24) is 0 Å². The van der Waals surface area contributed by atoms with Crippen molar-refractivity contribution in [1.29, 1.82) is 0 Å². The number of anilines is 1. The van der Waals surface area contributed by atoms with E-state index in [1.54, 1.807) is 45.9 Å². The molecule has 1 rings (SSSR count). The summed E-state index contributed by atoms with van der Waals surface area (Å²) in [5.74, 6) is -0.162. The second-order valence-corrected chi connectivity index (χ2v) is 6.77. The van der Waals surface area contributed by atoms with Crippen molar-refractivity contribution in [2.24, 2.45) is 0 Å². The molecular formula is C17H25ClKNO4. The number of halogens is 1. The Bertz CT molecular complexity index is 584. The fourth-order valence-corrected chi connectivity index (χ4v) is 2.13. The number of amides is 1. The summed E-state index contributed by atoms with van der Waals surface area (Å²) in [6.45, 7) is 10.7. The van der Waals surface area contributed by atoms with Crippen LogP contribution in [0.15, 0.2) is 18.2 Å². The minimum absolute atomic E-state index is 0. The van der Waals surface area contributed by atoms with Gasteiger partial charge in [-0.1, -0.05) is 24.6 Å². The van der Waals surface area contributed by atoms with Gasteiger partial charge in [0.25, 0.3) is 0 Å². The third-order valence-electron chi connectivity index (χ3n) is 2.81. The number of esters is 1. The van der Waals surface area contributed by atoms with Gasteiger partial charge < -0.3 is 9.47 Å². The molecular weight excluding hydrogens is 357 g/mol. The standard InChI is InChI=1S/C17H24ClNO4.K.H/c1-7-14(20)22-13-10-8-9-12(18)15(13)19(11(2)3)16(21)23-17(4,5)6;;/h8-11H,7H2,1-6H3;;. The molecule has 0 spiro atoms. The average molecular weight is 382 g/mol. The summed E-state index contributed by atoms with van der Waals surface area (Å²) in [7, 11) is 0. The van der Waals surface area contributed by atoms with E-state index >= 15 is 0 Å². The molecule has 0 unspecified atom stereocenters. The molecule has 0 aromatic heterocycles. The zero-order valence-corrected chi connectivity index (χ0v) is 15.2. The van der Waals surface area contributed by atoms with Gasteiger partial charge in [-0.15, -0.1) is 0 Å². The molecule has 1 aromatic rings. The molecule has 130 valence electrons. The summed E-state index contributed by atoms with van der Waals surface area (Å²) in [4.78, 5) is 25.6. The zero-order valence-electron chi connectivity index (χ0n) is 14.5. The first-order valence-corrected chi connectivity index (χ1v) is 7.96. The number of benzene rings is 1. The number of ether oxygens (including phenoxy) is 2. The van der Waals surface area contributed by atoms with E-state index in [4.69, 9.17) is 21.1 Å². The average Bonchev–Trinajstić information content (AvgIpc) is 2.39. The van der Waals surface area contributed by atoms with Gasteiger partial charge in [0.1, 0.15) is 11.3 Å². The SMILES string of the molecule is CCC(=O)Oc1cccc(Cl)c1N(C(=O)OC(C)(C)C)C(C)C.[KH]. The quantitative estimate of drug-likeness (QED) is 0.446. The van der Waals surface area contributed by atoms with Gasteiger partial charge >= 0.3 is 63.4 Å². The number of hydrogen-bond acceptors (Lipinski definition) is 4. The van der Waals surface area contributed by atoms with Crippen LogP contribution in [-0.2, 0) is 9.53 Å². The number of para-hydroxylation sites is 1. The van der Waals surface area contributed by atoms with Crippen molar-refractivity contribution < 1.29 is 19.1 Å². The Morgan fingerprint density at radius 1 is 1.25 bits per heavy atom. The van der Waals surface area contributed by atoms with Gasteiger partial charge in [0.05, 0.1) is 5.02 Å². The maximum atomic E-state index is 12.6. The van der Waals surface area contributed by atoms with Gasteiger partial charge in [-0.05, 0) is 46.8 Å².